The van der Waals surface area contributed by atoms with E-state index in [1.807, 2.05) is 65.9 Å². The molecule has 1 fully saturated rings. The van der Waals surface area contributed by atoms with Gasteiger partial charge in [-0.3, -0.25) is 14.5 Å². The van der Waals surface area contributed by atoms with Crippen molar-refractivity contribution in [1.82, 2.24) is 14.7 Å². The highest BCUT2D eigenvalue weighted by atomic mass is 32.2. The van der Waals surface area contributed by atoms with E-state index < -0.39 is 0 Å². The Morgan fingerprint density at radius 1 is 1.00 bits per heavy atom. The van der Waals surface area contributed by atoms with E-state index in [1.54, 1.807) is 17.0 Å². The van der Waals surface area contributed by atoms with Gasteiger partial charge in [-0.25, -0.2) is 9.07 Å². The van der Waals surface area contributed by atoms with E-state index in [-0.39, 0.29) is 35.2 Å². The monoisotopic (exact) mass is 582 g/mol. The van der Waals surface area contributed by atoms with E-state index >= 15 is 0 Å². The van der Waals surface area contributed by atoms with Gasteiger partial charge in [-0.1, -0.05) is 67.1 Å². The number of aryl methyl sites for hydroxylation is 2. The van der Waals surface area contributed by atoms with Crippen LogP contribution in [0.5, 0.6) is 0 Å². The molecular weight excluding hydrogens is 547 g/mol. The third kappa shape index (κ3) is 5.48. The minimum Gasteiger partial charge on any atom is -0.341 e. The number of hydrogen-bond acceptors (Lipinski definition) is 4. The first-order valence-corrected chi connectivity index (χ1v) is 15.6. The van der Waals surface area contributed by atoms with Crippen LogP contribution in [0, 0.1) is 25.6 Å². The van der Waals surface area contributed by atoms with Crippen LogP contribution in [0.4, 0.5) is 10.2 Å². The fraction of sp³-hybridized carbons (Fsp3) is 0.324. The van der Waals surface area contributed by atoms with Crippen LogP contribution in [-0.2, 0) is 9.59 Å². The average molecular weight is 583 g/mol. The van der Waals surface area contributed by atoms with Gasteiger partial charge in [0.2, 0.25) is 11.8 Å². The van der Waals surface area contributed by atoms with Crippen LogP contribution in [-0.4, -0.2) is 51.9 Å². The standard InChI is InChI=1S/C34H35FN4O2S/c1-22-15-17-37(18-16-22)29(40)20-38-30(41)21-42-33(26-10-12-27(35)13-11-26)31-32(25-7-5-4-6-8-25)36-39(34(31)38)28-14-9-23(2)19-24(28)3/h4-14,19,22,33H,15-18,20-21H2,1-3H3. The van der Waals surface area contributed by atoms with Crippen molar-refractivity contribution in [1.29, 1.82) is 0 Å². The lowest BCUT2D eigenvalue weighted by Crippen LogP contribution is -2.46. The lowest BCUT2D eigenvalue weighted by atomic mass is 9.99. The molecule has 1 aromatic heterocycles. The minimum absolute atomic E-state index is 0.0538. The van der Waals surface area contributed by atoms with Crippen LogP contribution in [0.1, 0.15) is 47.3 Å². The molecule has 6 nitrogen and oxygen atoms in total. The highest BCUT2D eigenvalue weighted by Gasteiger charge is 2.38. The zero-order chi connectivity index (χ0) is 29.4. The maximum absolute atomic E-state index is 14.0. The van der Waals surface area contributed by atoms with E-state index in [0.717, 1.165) is 52.0 Å². The van der Waals surface area contributed by atoms with Crippen molar-refractivity contribution < 1.29 is 14.0 Å². The SMILES string of the molecule is Cc1ccc(-n2nc(-c3ccccc3)c3c2N(CC(=O)N2CCC(C)CC2)C(=O)CSC3c2ccc(F)cc2)c(C)c1. The van der Waals surface area contributed by atoms with Gasteiger partial charge >= 0.3 is 0 Å². The molecule has 0 radical (unpaired) electrons. The second-order valence-corrected chi connectivity index (χ2v) is 12.5. The fourth-order valence-electron chi connectivity index (χ4n) is 5.93. The smallest absolute Gasteiger partial charge is 0.242 e. The van der Waals surface area contributed by atoms with Crippen molar-refractivity contribution in [3.63, 3.8) is 0 Å². The number of thioether (sulfide) groups is 1. The van der Waals surface area contributed by atoms with Crippen molar-refractivity contribution in [2.75, 3.05) is 30.3 Å². The first-order valence-electron chi connectivity index (χ1n) is 14.5. The highest BCUT2D eigenvalue weighted by molar-refractivity contribution is 8.00. The molecule has 2 amide bonds. The van der Waals surface area contributed by atoms with Crippen molar-refractivity contribution >= 4 is 29.4 Å². The van der Waals surface area contributed by atoms with Crippen LogP contribution >= 0.6 is 11.8 Å². The Kier molecular flexibility index (Phi) is 7.90. The molecule has 0 N–H and O–H groups in total. The van der Waals surface area contributed by atoms with Crippen LogP contribution in [0.2, 0.25) is 0 Å². The van der Waals surface area contributed by atoms with Crippen LogP contribution in [0.3, 0.4) is 0 Å². The van der Waals surface area contributed by atoms with Gasteiger partial charge in [0.1, 0.15) is 18.2 Å². The Hall–Kier alpha value is -3.91. The molecule has 6 rings (SSSR count). The molecule has 1 unspecified atom stereocenters. The molecule has 1 saturated heterocycles. The number of carbonyl (C=O) groups excluding carboxylic acids is 2. The molecule has 0 aliphatic carbocycles. The largest absolute Gasteiger partial charge is 0.341 e. The summed E-state index contributed by atoms with van der Waals surface area (Å²) in [5.74, 6) is 0.862. The molecule has 3 aromatic carbocycles. The third-order valence-corrected chi connectivity index (χ3v) is 9.57. The number of fused-ring (bicyclic) bond motifs is 1. The summed E-state index contributed by atoms with van der Waals surface area (Å²) in [5, 5.41) is 4.89. The lowest BCUT2D eigenvalue weighted by Gasteiger charge is -2.32. The summed E-state index contributed by atoms with van der Waals surface area (Å²) < 4.78 is 15.9. The number of likely N-dealkylation sites (tertiary alicyclic amines) is 1. The van der Waals surface area contributed by atoms with Gasteiger partial charge in [-0.15, -0.1) is 11.8 Å². The summed E-state index contributed by atoms with van der Waals surface area (Å²) in [5.41, 5.74) is 6.37. The van der Waals surface area contributed by atoms with Gasteiger partial charge in [0.15, 0.2) is 0 Å². The van der Waals surface area contributed by atoms with Crippen molar-refractivity contribution in [3.05, 3.63) is 101 Å². The fourth-order valence-corrected chi connectivity index (χ4v) is 7.13. The predicted molar refractivity (Wildman–Crippen MR) is 167 cm³/mol. The van der Waals surface area contributed by atoms with Gasteiger partial charge in [-0.2, -0.15) is 5.10 Å². The minimum atomic E-state index is -0.314. The molecule has 0 bridgehead atoms. The Morgan fingerprint density at radius 3 is 2.40 bits per heavy atom. The Labute approximate surface area is 250 Å². The summed E-state index contributed by atoms with van der Waals surface area (Å²) in [4.78, 5) is 31.2. The number of carbonyl (C=O) groups is 2. The topological polar surface area (TPSA) is 58.4 Å². The summed E-state index contributed by atoms with van der Waals surface area (Å²) in [7, 11) is 0. The van der Waals surface area contributed by atoms with E-state index in [1.165, 1.54) is 23.9 Å². The number of amides is 2. The first-order chi connectivity index (χ1) is 20.3. The van der Waals surface area contributed by atoms with E-state index in [9.17, 15) is 14.0 Å². The molecular formula is C34H35FN4O2S. The van der Waals surface area contributed by atoms with E-state index in [2.05, 4.69) is 13.0 Å². The summed E-state index contributed by atoms with van der Waals surface area (Å²) in [6.45, 7) is 7.65. The maximum atomic E-state index is 14.0. The van der Waals surface area contributed by atoms with Crippen molar-refractivity contribution in [2.45, 2.75) is 38.9 Å². The zero-order valence-corrected chi connectivity index (χ0v) is 25.0. The Bertz CT molecular complexity index is 1610. The number of hydrogen-bond donors (Lipinski definition) is 0. The molecule has 3 heterocycles. The summed E-state index contributed by atoms with van der Waals surface area (Å²) >= 11 is 1.49. The molecule has 2 aliphatic rings. The second-order valence-electron chi connectivity index (χ2n) is 11.4. The molecule has 8 heteroatoms. The van der Waals surface area contributed by atoms with Crippen LogP contribution < -0.4 is 4.90 Å². The normalized spacial score (nSPS) is 17.7. The van der Waals surface area contributed by atoms with Gasteiger partial charge in [0.25, 0.3) is 0 Å². The maximum Gasteiger partial charge on any atom is 0.242 e. The van der Waals surface area contributed by atoms with Gasteiger partial charge in [-0.05, 0) is 61.9 Å². The van der Waals surface area contributed by atoms with Gasteiger partial charge in [0, 0.05) is 24.2 Å². The third-order valence-electron chi connectivity index (χ3n) is 8.32. The average Bonchev–Trinajstić information content (AvgIpc) is 3.30. The Morgan fingerprint density at radius 2 is 1.71 bits per heavy atom. The molecule has 2 aliphatic heterocycles. The molecule has 4 aromatic rings. The molecule has 42 heavy (non-hydrogen) atoms. The predicted octanol–water partition coefficient (Wildman–Crippen LogP) is 6.72. The van der Waals surface area contributed by atoms with E-state index in [4.69, 9.17) is 5.10 Å². The van der Waals surface area contributed by atoms with E-state index in [0.29, 0.717) is 24.8 Å². The van der Waals surface area contributed by atoms with Gasteiger partial charge in [0.05, 0.1) is 22.4 Å². The Balaban J connectivity index is 1.58. The number of rotatable bonds is 5. The number of piperidine rings is 1. The van der Waals surface area contributed by atoms with Crippen molar-refractivity contribution in [3.8, 4) is 16.9 Å². The highest BCUT2D eigenvalue weighted by Crippen LogP contribution is 2.48. The summed E-state index contributed by atoms with van der Waals surface area (Å²) in [6, 6.07) is 22.6. The van der Waals surface area contributed by atoms with Crippen LogP contribution in [0.25, 0.3) is 16.9 Å². The number of halogens is 1. The molecule has 0 spiro atoms. The molecule has 216 valence electrons. The number of aromatic nitrogens is 2. The second kappa shape index (κ2) is 11.8. The number of benzene rings is 3. The zero-order valence-electron chi connectivity index (χ0n) is 24.2. The number of anilines is 1. The molecule has 1 atom stereocenters. The summed E-state index contributed by atoms with van der Waals surface area (Å²) in [6.07, 6.45) is 1.93. The molecule has 0 saturated carbocycles. The van der Waals surface area contributed by atoms with Crippen molar-refractivity contribution in [2.24, 2.45) is 5.92 Å². The van der Waals surface area contributed by atoms with Crippen LogP contribution in [0.15, 0.2) is 72.8 Å². The first kappa shape index (κ1) is 28.2. The van der Waals surface area contributed by atoms with Gasteiger partial charge < -0.3 is 4.90 Å². The quantitative estimate of drug-likeness (QED) is 0.262. The number of nitrogens with zero attached hydrogens (tertiary/aromatic N) is 4. The lowest BCUT2D eigenvalue weighted by molar-refractivity contribution is -0.132.